The van der Waals surface area contributed by atoms with Gasteiger partial charge in [-0.25, -0.2) is 4.79 Å². The highest BCUT2D eigenvalue weighted by molar-refractivity contribution is 8.00. The molecule has 2 unspecified atom stereocenters. The van der Waals surface area contributed by atoms with E-state index in [1.165, 1.54) is 16.7 Å². The number of aliphatic carboxylic acids is 1. The van der Waals surface area contributed by atoms with Gasteiger partial charge in [0.05, 0.1) is 6.42 Å². The van der Waals surface area contributed by atoms with Crippen molar-refractivity contribution in [2.24, 2.45) is 0 Å². The van der Waals surface area contributed by atoms with Crippen LogP contribution in [0.3, 0.4) is 0 Å². The first kappa shape index (κ1) is 16.4. The lowest BCUT2D eigenvalue weighted by Gasteiger charge is -2.52. The summed E-state index contributed by atoms with van der Waals surface area (Å²) in [7, 11) is 0. The lowest BCUT2D eigenvalue weighted by Crippen LogP contribution is -2.74. The Kier molecular flexibility index (Phi) is 4.23. The van der Waals surface area contributed by atoms with Crippen LogP contribution in [0.1, 0.15) is 5.56 Å². The molecule has 1 aromatic rings. The Bertz CT molecular complexity index is 736. The SMILES string of the molecule is C=C1CS[C@H]2C(NC(=O)Cc3cccc(N)c3)C(=O)N2C1C(=O)O. The van der Waals surface area contributed by atoms with Crippen molar-refractivity contribution in [3.05, 3.63) is 42.0 Å². The van der Waals surface area contributed by atoms with Crippen LogP contribution in [0, 0.1) is 0 Å². The molecule has 0 spiro atoms. The second kappa shape index (κ2) is 6.20. The number of hydrogen-bond acceptors (Lipinski definition) is 5. The Labute approximate surface area is 142 Å². The fraction of sp³-hybridized carbons (Fsp3) is 0.312. The molecule has 4 N–H and O–H groups in total. The van der Waals surface area contributed by atoms with Crippen molar-refractivity contribution in [1.29, 1.82) is 0 Å². The van der Waals surface area contributed by atoms with Crippen molar-refractivity contribution in [3.8, 4) is 0 Å². The first-order chi connectivity index (χ1) is 11.4. The maximum absolute atomic E-state index is 12.3. The summed E-state index contributed by atoms with van der Waals surface area (Å²) in [5, 5.41) is 11.6. The number of rotatable bonds is 4. The monoisotopic (exact) mass is 347 g/mol. The van der Waals surface area contributed by atoms with E-state index >= 15 is 0 Å². The fourth-order valence-electron chi connectivity index (χ4n) is 2.94. The molecule has 0 bridgehead atoms. The van der Waals surface area contributed by atoms with Crippen LogP contribution >= 0.6 is 11.8 Å². The molecule has 3 rings (SSSR count). The molecule has 2 aliphatic heterocycles. The zero-order valence-electron chi connectivity index (χ0n) is 12.8. The third kappa shape index (κ3) is 2.84. The number of nitrogens with zero attached hydrogens (tertiary/aromatic N) is 1. The van der Waals surface area contributed by atoms with Gasteiger partial charge in [0, 0.05) is 11.4 Å². The highest BCUT2D eigenvalue weighted by Crippen LogP contribution is 2.39. The Balaban J connectivity index is 1.65. The molecule has 3 atom stereocenters. The van der Waals surface area contributed by atoms with Crippen molar-refractivity contribution in [1.82, 2.24) is 10.2 Å². The Hall–Kier alpha value is -2.48. The van der Waals surface area contributed by atoms with Crippen LogP contribution in [-0.2, 0) is 20.8 Å². The van der Waals surface area contributed by atoms with Crippen molar-refractivity contribution < 1.29 is 19.5 Å². The van der Waals surface area contributed by atoms with E-state index in [0.29, 0.717) is 17.0 Å². The zero-order valence-corrected chi connectivity index (χ0v) is 13.6. The zero-order chi connectivity index (χ0) is 17.4. The number of thioether (sulfide) groups is 1. The maximum Gasteiger partial charge on any atom is 0.330 e. The molecule has 7 nitrogen and oxygen atoms in total. The number of benzene rings is 1. The number of amides is 2. The molecule has 0 aliphatic carbocycles. The summed E-state index contributed by atoms with van der Waals surface area (Å²) in [4.78, 5) is 37.1. The third-order valence-electron chi connectivity index (χ3n) is 4.05. The first-order valence-corrected chi connectivity index (χ1v) is 8.41. The molecule has 2 fully saturated rings. The Morgan fingerprint density at radius 1 is 1.46 bits per heavy atom. The van der Waals surface area contributed by atoms with Crippen LogP contribution in [0.4, 0.5) is 5.69 Å². The van der Waals surface area contributed by atoms with Gasteiger partial charge in [-0.3, -0.25) is 9.59 Å². The summed E-state index contributed by atoms with van der Waals surface area (Å²) in [5.41, 5.74) is 7.49. The van der Waals surface area contributed by atoms with Gasteiger partial charge in [0.15, 0.2) is 6.04 Å². The van der Waals surface area contributed by atoms with Gasteiger partial charge in [-0.2, -0.15) is 0 Å². The minimum Gasteiger partial charge on any atom is -0.479 e. The second-order valence-corrected chi connectivity index (χ2v) is 6.92. The van der Waals surface area contributed by atoms with Gasteiger partial charge in [-0.1, -0.05) is 18.7 Å². The predicted octanol–water partition coefficient (Wildman–Crippen LogP) is 0.221. The van der Waals surface area contributed by atoms with Crippen molar-refractivity contribution >= 4 is 35.2 Å². The molecule has 2 saturated heterocycles. The summed E-state index contributed by atoms with van der Waals surface area (Å²) in [5.74, 6) is -1.33. The number of carbonyl (C=O) groups excluding carboxylic acids is 2. The van der Waals surface area contributed by atoms with Crippen LogP contribution in [0.15, 0.2) is 36.4 Å². The average molecular weight is 347 g/mol. The number of nitrogen functional groups attached to an aromatic ring is 1. The quantitative estimate of drug-likeness (QED) is 0.408. The lowest BCUT2D eigenvalue weighted by molar-refractivity contribution is -0.160. The minimum absolute atomic E-state index is 0.112. The number of hydrogen-bond donors (Lipinski definition) is 3. The molecule has 0 aromatic heterocycles. The number of nitrogens with two attached hydrogens (primary N) is 1. The van der Waals surface area contributed by atoms with Gasteiger partial charge in [0.2, 0.25) is 11.8 Å². The molecule has 126 valence electrons. The van der Waals surface area contributed by atoms with E-state index in [9.17, 15) is 19.5 Å². The van der Waals surface area contributed by atoms with Crippen LogP contribution in [-0.4, -0.2) is 51.0 Å². The minimum atomic E-state index is -1.09. The number of fused-ring (bicyclic) bond motifs is 1. The Morgan fingerprint density at radius 3 is 2.88 bits per heavy atom. The Morgan fingerprint density at radius 2 is 2.21 bits per heavy atom. The number of anilines is 1. The number of nitrogens with one attached hydrogen (secondary N) is 1. The summed E-state index contributed by atoms with van der Waals surface area (Å²) < 4.78 is 0. The number of carboxylic acid groups (broad SMARTS) is 1. The lowest BCUT2D eigenvalue weighted by atomic mass is 9.98. The fourth-order valence-corrected chi connectivity index (χ4v) is 4.25. The molecule has 2 aliphatic rings. The number of carboxylic acids is 1. The van der Waals surface area contributed by atoms with E-state index in [1.807, 2.05) is 0 Å². The van der Waals surface area contributed by atoms with Crippen molar-refractivity contribution in [2.75, 3.05) is 11.5 Å². The topological polar surface area (TPSA) is 113 Å². The third-order valence-corrected chi connectivity index (χ3v) is 5.43. The standard InChI is InChI=1S/C16H17N3O4S/c1-8-7-24-15-12(14(21)19(15)13(8)16(22)23)18-11(20)6-9-3-2-4-10(17)5-9/h2-5,12-13,15H,1,6-7,17H2,(H,18,20)(H,22,23)/t12?,13?,15-/m0/s1. The first-order valence-electron chi connectivity index (χ1n) is 7.36. The highest BCUT2D eigenvalue weighted by atomic mass is 32.2. The van der Waals surface area contributed by atoms with Crippen molar-refractivity contribution in [2.45, 2.75) is 23.9 Å². The maximum atomic E-state index is 12.3. The summed E-state index contributed by atoms with van der Waals surface area (Å²) >= 11 is 1.41. The molecule has 8 heteroatoms. The van der Waals surface area contributed by atoms with E-state index in [1.54, 1.807) is 24.3 Å². The van der Waals surface area contributed by atoms with Crippen LogP contribution in [0.25, 0.3) is 0 Å². The van der Waals surface area contributed by atoms with E-state index in [4.69, 9.17) is 5.73 Å². The normalized spacial score (nSPS) is 25.7. The molecule has 2 heterocycles. The molecular formula is C16H17N3O4S. The number of β-lactam (4-membered cyclic amide) rings is 1. The van der Waals surface area contributed by atoms with Gasteiger partial charge >= 0.3 is 5.97 Å². The summed E-state index contributed by atoms with van der Waals surface area (Å²) in [6, 6.07) is 5.27. The largest absolute Gasteiger partial charge is 0.479 e. The van der Waals surface area contributed by atoms with Gasteiger partial charge in [-0.15, -0.1) is 11.8 Å². The summed E-state index contributed by atoms with van der Waals surface area (Å²) in [6.45, 7) is 3.73. The molecule has 1 aromatic carbocycles. The average Bonchev–Trinajstić information content (AvgIpc) is 2.52. The van der Waals surface area contributed by atoms with Crippen LogP contribution in [0.2, 0.25) is 0 Å². The van der Waals surface area contributed by atoms with Gasteiger partial charge in [-0.05, 0) is 23.3 Å². The summed E-state index contributed by atoms with van der Waals surface area (Å²) in [6.07, 6.45) is 0.112. The highest BCUT2D eigenvalue weighted by Gasteiger charge is 2.56. The van der Waals surface area contributed by atoms with Crippen LogP contribution in [0.5, 0.6) is 0 Å². The van der Waals surface area contributed by atoms with E-state index in [-0.39, 0.29) is 23.6 Å². The molecule has 2 amide bonds. The molecule has 0 radical (unpaired) electrons. The smallest absolute Gasteiger partial charge is 0.330 e. The predicted molar refractivity (Wildman–Crippen MR) is 90.1 cm³/mol. The van der Waals surface area contributed by atoms with Gasteiger partial charge in [0.1, 0.15) is 11.4 Å². The van der Waals surface area contributed by atoms with E-state index < -0.39 is 18.1 Å². The molecule has 24 heavy (non-hydrogen) atoms. The number of carbonyl (C=O) groups is 3. The van der Waals surface area contributed by atoms with Crippen LogP contribution < -0.4 is 11.1 Å². The van der Waals surface area contributed by atoms with E-state index in [0.717, 1.165) is 5.56 Å². The van der Waals surface area contributed by atoms with Gasteiger partial charge in [0.25, 0.3) is 0 Å². The molecule has 0 saturated carbocycles. The molecular weight excluding hydrogens is 330 g/mol. The van der Waals surface area contributed by atoms with Crippen molar-refractivity contribution in [3.63, 3.8) is 0 Å². The van der Waals surface area contributed by atoms with E-state index in [2.05, 4.69) is 11.9 Å². The second-order valence-electron chi connectivity index (χ2n) is 5.81. The van der Waals surface area contributed by atoms with Gasteiger partial charge < -0.3 is 21.1 Å².